The SMILES string of the molecule is CSC(=O)CC1(CC(=O)O)CCCCC1. The van der Waals surface area contributed by atoms with Crippen molar-refractivity contribution in [3.8, 4) is 0 Å². The molecule has 0 spiro atoms. The molecule has 1 saturated carbocycles. The first kappa shape index (κ1) is 12.6. The number of carbonyl (C=O) groups is 2. The second kappa shape index (κ2) is 5.54. The highest BCUT2D eigenvalue weighted by Gasteiger charge is 2.36. The summed E-state index contributed by atoms with van der Waals surface area (Å²) in [7, 11) is 0. The molecule has 0 saturated heterocycles. The summed E-state index contributed by atoms with van der Waals surface area (Å²) in [6, 6.07) is 0. The summed E-state index contributed by atoms with van der Waals surface area (Å²) >= 11 is 1.21. The Morgan fingerprint density at radius 1 is 1.20 bits per heavy atom. The van der Waals surface area contributed by atoms with Gasteiger partial charge in [-0.1, -0.05) is 31.0 Å². The number of thioether (sulfide) groups is 1. The molecule has 4 heteroatoms. The van der Waals surface area contributed by atoms with E-state index in [1.54, 1.807) is 6.26 Å². The van der Waals surface area contributed by atoms with Gasteiger partial charge >= 0.3 is 5.97 Å². The molecule has 1 N–H and O–H groups in total. The first-order valence-corrected chi connectivity index (χ1v) is 6.59. The van der Waals surface area contributed by atoms with E-state index in [1.165, 1.54) is 18.2 Å². The summed E-state index contributed by atoms with van der Waals surface area (Å²) in [6.07, 6.45) is 7.44. The zero-order valence-corrected chi connectivity index (χ0v) is 9.94. The molecule has 0 aliphatic heterocycles. The number of hydrogen-bond acceptors (Lipinski definition) is 3. The van der Waals surface area contributed by atoms with Gasteiger partial charge in [-0.3, -0.25) is 9.59 Å². The van der Waals surface area contributed by atoms with Crippen LogP contribution < -0.4 is 0 Å². The lowest BCUT2D eigenvalue weighted by Crippen LogP contribution is -2.29. The standard InChI is InChI=1S/C11H18O3S/c1-15-10(14)8-11(7-9(12)13)5-3-2-4-6-11/h2-8H2,1H3,(H,12,13). The van der Waals surface area contributed by atoms with Crippen LogP contribution in [0.4, 0.5) is 0 Å². The van der Waals surface area contributed by atoms with E-state index in [0.717, 1.165) is 25.7 Å². The van der Waals surface area contributed by atoms with Gasteiger partial charge in [-0.25, -0.2) is 0 Å². The van der Waals surface area contributed by atoms with Crippen LogP contribution in [-0.2, 0) is 9.59 Å². The van der Waals surface area contributed by atoms with Gasteiger partial charge < -0.3 is 5.11 Å². The number of rotatable bonds is 4. The van der Waals surface area contributed by atoms with Gasteiger partial charge in [0.1, 0.15) is 0 Å². The third kappa shape index (κ3) is 3.86. The van der Waals surface area contributed by atoms with Crippen molar-refractivity contribution in [3.05, 3.63) is 0 Å². The molecule has 1 aliphatic rings. The average molecular weight is 230 g/mol. The maximum atomic E-state index is 11.4. The van der Waals surface area contributed by atoms with Crippen LogP contribution in [0.15, 0.2) is 0 Å². The number of carboxylic acid groups (broad SMARTS) is 1. The molecule has 1 fully saturated rings. The van der Waals surface area contributed by atoms with Crippen molar-refractivity contribution in [1.29, 1.82) is 0 Å². The molecule has 1 rings (SSSR count). The van der Waals surface area contributed by atoms with E-state index in [0.29, 0.717) is 6.42 Å². The quantitative estimate of drug-likeness (QED) is 0.806. The van der Waals surface area contributed by atoms with Crippen molar-refractivity contribution >= 4 is 22.8 Å². The maximum Gasteiger partial charge on any atom is 0.303 e. The van der Waals surface area contributed by atoms with Crippen LogP contribution >= 0.6 is 11.8 Å². The summed E-state index contributed by atoms with van der Waals surface area (Å²) in [5, 5.41) is 9.02. The lowest BCUT2D eigenvalue weighted by Gasteiger charge is -2.35. The van der Waals surface area contributed by atoms with Crippen LogP contribution in [0.3, 0.4) is 0 Å². The predicted molar refractivity (Wildman–Crippen MR) is 60.9 cm³/mol. The summed E-state index contributed by atoms with van der Waals surface area (Å²) in [5.74, 6) is -0.772. The van der Waals surface area contributed by atoms with Gasteiger partial charge in [0, 0.05) is 6.42 Å². The summed E-state index contributed by atoms with van der Waals surface area (Å²) in [4.78, 5) is 22.3. The van der Waals surface area contributed by atoms with Gasteiger partial charge in [0.2, 0.25) is 0 Å². The third-order valence-corrected chi connectivity index (χ3v) is 3.79. The number of carboxylic acids is 1. The van der Waals surface area contributed by atoms with E-state index >= 15 is 0 Å². The van der Waals surface area contributed by atoms with E-state index in [9.17, 15) is 9.59 Å². The largest absolute Gasteiger partial charge is 0.481 e. The Balaban J connectivity index is 2.65. The van der Waals surface area contributed by atoms with Crippen molar-refractivity contribution in [3.63, 3.8) is 0 Å². The third-order valence-electron chi connectivity index (χ3n) is 3.19. The molecule has 0 aromatic heterocycles. The smallest absolute Gasteiger partial charge is 0.303 e. The average Bonchev–Trinajstić information content (AvgIpc) is 2.17. The second-order valence-corrected chi connectivity index (χ2v) is 5.25. The van der Waals surface area contributed by atoms with Crippen molar-refractivity contribution < 1.29 is 14.7 Å². The Bertz CT molecular complexity index is 244. The zero-order valence-electron chi connectivity index (χ0n) is 9.12. The Kier molecular flexibility index (Phi) is 4.64. The molecule has 0 heterocycles. The molecule has 0 bridgehead atoms. The van der Waals surface area contributed by atoms with Crippen molar-refractivity contribution in [1.82, 2.24) is 0 Å². The van der Waals surface area contributed by atoms with Crippen LogP contribution in [-0.4, -0.2) is 22.4 Å². The van der Waals surface area contributed by atoms with E-state index in [4.69, 9.17) is 5.11 Å². The maximum absolute atomic E-state index is 11.4. The summed E-state index contributed by atoms with van der Waals surface area (Å²) in [6.45, 7) is 0. The number of aliphatic carboxylic acids is 1. The molecule has 15 heavy (non-hydrogen) atoms. The van der Waals surface area contributed by atoms with Gasteiger partial charge in [0.05, 0.1) is 6.42 Å². The van der Waals surface area contributed by atoms with Gasteiger partial charge in [-0.2, -0.15) is 0 Å². The van der Waals surface area contributed by atoms with Crippen molar-refractivity contribution in [2.45, 2.75) is 44.9 Å². The monoisotopic (exact) mass is 230 g/mol. The predicted octanol–water partition coefficient (Wildman–Crippen LogP) is 2.69. The molecule has 3 nitrogen and oxygen atoms in total. The van der Waals surface area contributed by atoms with Crippen LogP contribution in [0.1, 0.15) is 44.9 Å². The minimum absolute atomic E-state index is 0.123. The summed E-state index contributed by atoms with van der Waals surface area (Å²) in [5.41, 5.74) is -0.246. The van der Waals surface area contributed by atoms with Gasteiger partial charge in [-0.05, 0) is 24.5 Å². The fourth-order valence-corrected chi connectivity index (χ4v) is 2.87. The molecule has 1 aliphatic carbocycles. The van der Waals surface area contributed by atoms with E-state index in [-0.39, 0.29) is 17.0 Å². The molecule has 0 aromatic carbocycles. The minimum Gasteiger partial charge on any atom is -0.481 e. The van der Waals surface area contributed by atoms with Crippen LogP contribution in [0.25, 0.3) is 0 Å². The van der Waals surface area contributed by atoms with E-state index in [2.05, 4.69) is 0 Å². The molecule has 0 atom stereocenters. The summed E-state index contributed by atoms with van der Waals surface area (Å²) < 4.78 is 0. The highest BCUT2D eigenvalue weighted by atomic mass is 32.2. The van der Waals surface area contributed by atoms with Gasteiger partial charge in [0.15, 0.2) is 5.12 Å². The lowest BCUT2D eigenvalue weighted by molar-refractivity contribution is -0.140. The molecule has 86 valence electrons. The highest BCUT2D eigenvalue weighted by molar-refractivity contribution is 8.13. The number of carbonyl (C=O) groups excluding carboxylic acids is 1. The Labute approximate surface area is 94.6 Å². The van der Waals surface area contributed by atoms with Crippen molar-refractivity contribution in [2.24, 2.45) is 5.41 Å². The normalized spacial score (nSPS) is 19.8. The molecule has 0 unspecified atom stereocenters. The van der Waals surface area contributed by atoms with Crippen LogP contribution in [0.5, 0.6) is 0 Å². The molecule has 0 amide bonds. The fourth-order valence-electron chi connectivity index (χ4n) is 2.42. The zero-order chi connectivity index (χ0) is 11.3. The lowest BCUT2D eigenvalue weighted by atomic mass is 9.70. The van der Waals surface area contributed by atoms with Crippen LogP contribution in [0, 0.1) is 5.41 Å². The topological polar surface area (TPSA) is 54.4 Å². The van der Waals surface area contributed by atoms with E-state index < -0.39 is 5.97 Å². The van der Waals surface area contributed by atoms with Crippen LogP contribution in [0.2, 0.25) is 0 Å². The fraction of sp³-hybridized carbons (Fsp3) is 0.818. The molecular formula is C11H18O3S. The van der Waals surface area contributed by atoms with Gasteiger partial charge in [0.25, 0.3) is 0 Å². The van der Waals surface area contributed by atoms with Gasteiger partial charge in [-0.15, -0.1) is 0 Å². The Morgan fingerprint density at radius 3 is 2.27 bits per heavy atom. The molecular weight excluding hydrogens is 212 g/mol. The highest BCUT2D eigenvalue weighted by Crippen LogP contribution is 2.43. The minimum atomic E-state index is -0.772. The number of hydrogen-bond donors (Lipinski definition) is 1. The Morgan fingerprint density at radius 2 is 1.80 bits per heavy atom. The molecule has 0 radical (unpaired) electrons. The second-order valence-electron chi connectivity index (χ2n) is 4.38. The first-order chi connectivity index (χ1) is 7.08. The molecule has 0 aromatic rings. The van der Waals surface area contributed by atoms with Crippen molar-refractivity contribution in [2.75, 3.05) is 6.26 Å². The van der Waals surface area contributed by atoms with E-state index in [1.807, 2.05) is 0 Å². The Hall–Kier alpha value is -0.510. The first-order valence-electron chi connectivity index (χ1n) is 5.37.